The molecule has 6 nitrogen and oxygen atoms in total. The SMILES string of the molecule is Cc1cc(C)n(-c2cc(NC(=O)c3ccccc3F)ncn2)n1. The van der Waals surface area contributed by atoms with Crippen LogP contribution in [0.5, 0.6) is 0 Å². The third-order valence-electron chi connectivity index (χ3n) is 3.24. The van der Waals surface area contributed by atoms with Crippen LogP contribution in [-0.2, 0) is 0 Å². The van der Waals surface area contributed by atoms with Crippen LogP contribution in [0.1, 0.15) is 21.7 Å². The Bertz CT molecular complexity index is 874. The summed E-state index contributed by atoms with van der Waals surface area (Å²) in [5.41, 5.74) is 1.73. The summed E-state index contributed by atoms with van der Waals surface area (Å²) in [5.74, 6) is -0.357. The van der Waals surface area contributed by atoms with Gasteiger partial charge in [-0.15, -0.1) is 0 Å². The molecule has 0 aliphatic carbocycles. The first-order valence-corrected chi connectivity index (χ1v) is 6.96. The van der Waals surface area contributed by atoms with E-state index >= 15 is 0 Å². The highest BCUT2D eigenvalue weighted by atomic mass is 19.1. The molecule has 0 aliphatic heterocycles. The maximum absolute atomic E-state index is 13.6. The highest BCUT2D eigenvalue weighted by molar-refractivity contribution is 6.03. The van der Waals surface area contributed by atoms with Crippen molar-refractivity contribution < 1.29 is 9.18 Å². The lowest BCUT2D eigenvalue weighted by atomic mass is 10.2. The third kappa shape index (κ3) is 3.08. The number of hydrogen-bond donors (Lipinski definition) is 1. The zero-order valence-corrected chi connectivity index (χ0v) is 12.6. The summed E-state index contributed by atoms with van der Waals surface area (Å²) in [7, 11) is 0. The van der Waals surface area contributed by atoms with Gasteiger partial charge in [0.05, 0.1) is 11.3 Å². The Hall–Kier alpha value is -3.09. The number of nitrogens with one attached hydrogen (secondary N) is 1. The molecule has 2 heterocycles. The zero-order chi connectivity index (χ0) is 16.4. The summed E-state index contributed by atoms with van der Waals surface area (Å²) in [5, 5.41) is 6.89. The lowest BCUT2D eigenvalue weighted by Crippen LogP contribution is -2.15. The topological polar surface area (TPSA) is 72.7 Å². The summed E-state index contributed by atoms with van der Waals surface area (Å²) in [6.07, 6.45) is 1.32. The van der Waals surface area contributed by atoms with Crippen LogP contribution in [0.25, 0.3) is 5.82 Å². The Labute approximate surface area is 132 Å². The number of anilines is 1. The second kappa shape index (κ2) is 5.96. The van der Waals surface area contributed by atoms with E-state index < -0.39 is 11.7 Å². The minimum Gasteiger partial charge on any atom is -0.306 e. The Balaban J connectivity index is 1.87. The fourth-order valence-corrected chi connectivity index (χ4v) is 2.22. The van der Waals surface area contributed by atoms with Crippen LogP contribution < -0.4 is 5.32 Å². The van der Waals surface area contributed by atoms with Crippen LogP contribution in [0.15, 0.2) is 42.7 Å². The normalized spacial score (nSPS) is 10.6. The fourth-order valence-electron chi connectivity index (χ4n) is 2.22. The number of rotatable bonds is 3. The summed E-state index contributed by atoms with van der Waals surface area (Å²) in [4.78, 5) is 20.3. The molecular weight excluding hydrogens is 297 g/mol. The van der Waals surface area contributed by atoms with Crippen molar-refractivity contribution >= 4 is 11.7 Å². The Kier molecular flexibility index (Phi) is 3.84. The number of halogens is 1. The van der Waals surface area contributed by atoms with Gasteiger partial charge in [-0.1, -0.05) is 12.1 Å². The predicted molar refractivity (Wildman–Crippen MR) is 83.0 cm³/mol. The smallest absolute Gasteiger partial charge is 0.259 e. The maximum Gasteiger partial charge on any atom is 0.259 e. The molecule has 0 radical (unpaired) electrons. The number of amides is 1. The van der Waals surface area contributed by atoms with Crippen LogP contribution in [0.3, 0.4) is 0 Å². The van der Waals surface area contributed by atoms with E-state index in [0.29, 0.717) is 5.82 Å². The molecule has 2 aromatic heterocycles. The van der Waals surface area contributed by atoms with Gasteiger partial charge < -0.3 is 5.32 Å². The van der Waals surface area contributed by atoms with Crippen molar-refractivity contribution in [1.29, 1.82) is 0 Å². The molecule has 1 aromatic carbocycles. The number of carbonyl (C=O) groups excluding carboxylic acids is 1. The Morgan fingerprint density at radius 1 is 1.17 bits per heavy atom. The van der Waals surface area contributed by atoms with Gasteiger partial charge in [0.15, 0.2) is 5.82 Å². The van der Waals surface area contributed by atoms with E-state index in [0.717, 1.165) is 11.4 Å². The number of nitrogens with zero attached hydrogens (tertiary/aromatic N) is 4. The molecular formula is C16H14FN5O. The van der Waals surface area contributed by atoms with E-state index in [1.54, 1.807) is 16.8 Å². The number of carbonyl (C=O) groups is 1. The van der Waals surface area contributed by atoms with Gasteiger partial charge in [-0.25, -0.2) is 19.0 Å². The number of benzene rings is 1. The van der Waals surface area contributed by atoms with E-state index in [9.17, 15) is 9.18 Å². The molecule has 0 unspecified atom stereocenters. The second-order valence-corrected chi connectivity index (χ2v) is 5.03. The van der Waals surface area contributed by atoms with Crippen LogP contribution >= 0.6 is 0 Å². The predicted octanol–water partition coefficient (Wildman–Crippen LogP) is 2.67. The molecule has 1 amide bonds. The van der Waals surface area contributed by atoms with Crippen LogP contribution in [0, 0.1) is 19.7 Å². The number of aryl methyl sites for hydroxylation is 2. The summed E-state index contributed by atoms with van der Waals surface area (Å²) in [6, 6.07) is 9.26. The molecule has 0 fully saturated rings. The Morgan fingerprint density at radius 3 is 2.65 bits per heavy atom. The average Bonchev–Trinajstić information content (AvgIpc) is 2.86. The molecule has 0 atom stereocenters. The van der Waals surface area contributed by atoms with E-state index in [-0.39, 0.29) is 11.4 Å². The molecule has 0 saturated carbocycles. The standard InChI is InChI=1S/C16H14FN5O/c1-10-7-11(2)22(21-10)15-8-14(18-9-19-15)20-16(23)12-5-3-4-6-13(12)17/h3-9H,1-2H3,(H,18,19,20,23). The van der Waals surface area contributed by atoms with Gasteiger partial charge in [0.2, 0.25) is 0 Å². The monoisotopic (exact) mass is 311 g/mol. The summed E-state index contributed by atoms with van der Waals surface area (Å²) < 4.78 is 15.3. The van der Waals surface area contributed by atoms with Gasteiger partial charge in [0, 0.05) is 11.8 Å². The molecule has 3 rings (SSSR count). The maximum atomic E-state index is 13.6. The van der Waals surface area contributed by atoms with Crippen LogP contribution in [0.2, 0.25) is 0 Å². The molecule has 3 aromatic rings. The van der Waals surface area contributed by atoms with E-state index in [4.69, 9.17) is 0 Å². The van der Waals surface area contributed by atoms with Crippen molar-refractivity contribution in [3.05, 3.63) is 65.5 Å². The van der Waals surface area contributed by atoms with Crippen molar-refractivity contribution in [3.8, 4) is 5.82 Å². The highest BCUT2D eigenvalue weighted by Crippen LogP contribution is 2.14. The lowest BCUT2D eigenvalue weighted by molar-refractivity contribution is 0.102. The molecule has 0 saturated heterocycles. The quantitative estimate of drug-likeness (QED) is 0.807. The number of hydrogen-bond acceptors (Lipinski definition) is 4. The zero-order valence-electron chi connectivity index (χ0n) is 12.6. The van der Waals surface area contributed by atoms with Crippen molar-refractivity contribution in [2.75, 3.05) is 5.32 Å². The van der Waals surface area contributed by atoms with Crippen molar-refractivity contribution in [3.63, 3.8) is 0 Å². The molecule has 0 aliphatic rings. The van der Waals surface area contributed by atoms with Gasteiger partial charge in [-0.3, -0.25) is 4.79 Å². The average molecular weight is 311 g/mol. The van der Waals surface area contributed by atoms with Gasteiger partial charge in [0.1, 0.15) is 18.0 Å². The van der Waals surface area contributed by atoms with Crippen molar-refractivity contribution in [1.82, 2.24) is 19.7 Å². The van der Waals surface area contributed by atoms with Gasteiger partial charge in [-0.05, 0) is 32.0 Å². The first kappa shape index (κ1) is 14.8. The largest absolute Gasteiger partial charge is 0.306 e. The van der Waals surface area contributed by atoms with E-state index in [1.807, 2.05) is 19.9 Å². The molecule has 0 bridgehead atoms. The molecule has 0 spiro atoms. The van der Waals surface area contributed by atoms with Gasteiger partial charge in [-0.2, -0.15) is 5.10 Å². The molecule has 23 heavy (non-hydrogen) atoms. The van der Waals surface area contributed by atoms with E-state index in [1.165, 1.54) is 24.5 Å². The van der Waals surface area contributed by atoms with Crippen LogP contribution in [-0.4, -0.2) is 25.7 Å². The Morgan fingerprint density at radius 2 is 1.96 bits per heavy atom. The first-order chi connectivity index (χ1) is 11.0. The van der Waals surface area contributed by atoms with Crippen LogP contribution in [0.4, 0.5) is 10.2 Å². The number of aromatic nitrogens is 4. The molecule has 7 heteroatoms. The van der Waals surface area contributed by atoms with Gasteiger partial charge >= 0.3 is 0 Å². The summed E-state index contributed by atoms with van der Waals surface area (Å²) in [6.45, 7) is 3.78. The minimum atomic E-state index is -0.585. The second-order valence-electron chi connectivity index (χ2n) is 5.03. The molecule has 1 N–H and O–H groups in total. The van der Waals surface area contributed by atoms with Crippen molar-refractivity contribution in [2.24, 2.45) is 0 Å². The van der Waals surface area contributed by atoms with Gasteiger partial charge in [0.25, 0.3) is 5.91 Å². The highest BCUT2D eigenvalue weighted by Gasteiger charge is 2.13. The minimum absolute atomic E-state index is 0.0428. The van der Waals surface area contributed by atoms with E-state index in [2.05, 4.69) is 20.4 Å². The first-order valence-electron chi connectivity index (χ1n) is 6.96. The lowest BCUT2D eigenvalue weighted by Gasteiger charge is -2.07. The fraction of sp³-hybridized carbons (Fsp3) is 0.125. The third-order valence-corrected chi connectivity index (χ3v) is 3.24. The molecule has 116 valence electrons. The van der Waals surface area contributed by atoms with Crippen molar-refractivity contribution in [2.45, 2.75) is 13.8 Å². The summed E-state index contributed by atoms with van der Waals surface area (Å²) >= 11 is 0.